The number of aromatic nitrogens is 2. The van der Waals surface area contributed by atoms with Crippen LogP contribution in [0.25, 0.3) is 0 Å². The number of hydrogen-bond donors (Lipinski definition) is 3. The molecule has 0 radical (unpaired) electrons. The van der Waals surface area contributed by atoms with Gasteiger partial charge in [-0.2, -0.15) is 0 Å². The lowest BCUT2D eigenvalue weighted by atomic mass is 10.0. The van der Waals surface area contributed by atoms with Crippen LogP contribution in [0.3, 0.4) is 0 Å². The van der Waals surface area contributed by atoms with Gasteiger partial charge in [-0.3, -0.25) is 9.78 Å². The molecule has 3 N–H and O–H groups in total. The van der Waals surface area contributed by atoms with Crippen LogP contribution in [-0.4, -0.2) is 22.2 Å². The first kappa shape index (κ1) is 16.6. The van der Waals surface area contributed by atoms with E-state index >= 15 is 0 Å². The molecule has 0 aliphatic rings. The minimum Gasteiger partial charge on any atom is -0.503 e. The van der Waals surface area contributed by atoms with Gasteiger partial charge in [0.2, 0.25) is 0 Å². The molecule has 0 aliphatic carbocycles. The number of H-pyrrole nitrogens is 2. The molecule has 0 saturated carbocycles. The van der Waals surface area contributed by atoms with Gasteiger partial charge in [-0.15, -0.1) is 0 Å². The molecule has 0 spiro atoms. The van der Waals surface area contributed by atoms with Crippen molar-refractivity contribution in [3.63, 3.8) is 0 Å². The van der Waals surface area contributed by atoms with Gasteiger partial charge in [0.25, 0.3) is 5.56 Å². The summed E-state index contributed by atoms with van der Waals surface area (Å²) in [4.78, 5) is 17.8. The molecule has 0 atom stereocenters. The summed E-state index contributed by atoms with van der Waals surface area (Å²) in [7, 11) is 1.45. The molecular formula is C15H17ClN2O3S. The van der Waals surface area contributed by atoms with Crippen LogP contribution in [0.5, 0.6) is 11.5 Å². The minimum absolute atomic E-state index is 0.108. The lowest BCUT2D eigenvalue weighted by molar-refractivity contribution is 0.373. The standard InChI is InChI=1S/C15H17ClN2O3S/c1-3-4-11-9(14(20)18-15(22)17-11)5-8-6-10(16)13(19)12(7-8)21-2/h6-7,19H,3-5H2,1-2H3,(H2,17,18,20,22). The Kier molecular flexibility index (Phi) is 5.26. The molecular weight excluding hydrogens is 324 g/mol. The fraction of sp³-hybridized carbons (Fsp3) is 0.333. The number of benzene rings is 1. The Balaban J connectivity index is 2.49. The Labute approximate surface area is 137 Å². The predicted octanol–water partition coefficient (Wildman–Crippen LogP) is 3.34. The van der Waals surface area contributed by atoms with Gasteiger partial charge >= 0.3 is 0 Å². The summed E-state index contributed by atoms with van der Waals surface area (Å²) in [6.45, 7) is 2.03. The molecule has 1 aromatic heterocycles. The highest BCUT2D eigenvalue weighted by Crippen LogP contribution is 2.35. The van der Waals surface area contributed by atoms with E-state index in [-0.39, 0.29) is 22.1 Å². The summed E-state index contributed by atoms with van der Waals surface area (Å²) in [5, 5.41) is 9.96. The van der Waals surface area contributed by atoms with E-state index in [0.717, 1.165) is 24.1 Å². The van der Waals surface area contributed by atoms with E-state index < -0.39 is 0 Å². The number of hydrogen-bond acceptors (Lipinski definition) is 4. The molecule has 22 heavy (non-hydrogen) atoms. The number of phenolic OH excluding ortho intramolecular Hbond substituents is 1. The first-order valence-corrected chi connectivity index (χ1v) is 7.64. The van der Waals surface area contributed by atoms with Crippen LogP contribution in [0.2, 0.25) is 5.02 Å². The zero-order chi connectivity index (χ0) is 16.3. The van der Waals surface area contributed by atoms with Crippen LogP contribution in [0.15, 0.2) is 16.9 Å². The number of nitrogens with one attached hydrogen (secondary N) is 2. The van der Waals surface area contributed by atoms with Crippen molar-refractivity contribution in [3.8, 4) is 11.5 Å². The largest absolute Gasteiger partial charge is 0.503 e. The number of aromatic amines is 2. The number of methoxy groups -OCH3 is 1. The molecule has 0 bridgehead atoms. The van der Waals surface area contributed by atoms with Crippen LogP contribution in [0, 0.1) is 4.77 Å². The first-order valence-electron chi connectivity index (χ1n) is 6.86. The van der Waals surface area contributed by atoms with E-state index in [1.165, 1.54) is 7.11 Å². The second-order valence-electron chi connectivity index (χ2n) is 4.92. The summed E-state index contributed by atoms with van der Waals surface area (Å²) in [6.07, 6.45) is 1.99. The Hall–Kier alpha value is -1.79. The smallest absolute Gasteiger partial charge is 0.255 e. The number of aromatic hydroxyl groups is 1. The fourth-order valence-corrected chi connectivity index (χ4v) is 2.75. The van der Waals surface area contributed by atoms with Crippen molar-refractivity contribution in [3.05, 3.63) is 49.1 Å². The number of aryl methyl sites for hydroxylation is 1. The molecule has 1 aromatic carbocycles. The molecule has 118 valence electrons. The topological polar surface area (TPSA) is 78.1 Å². The van der Waals surface area contributed by atoms with Crippen molar-refractivity contribution in [2.24, 2.45) is 0 Å². The van der Waals surface area contributed by atoms with Gasteiger partial charge < -0.3 is 14.8 Å². The van der Waals surface area contributed by atoms with E-state index in [0.29, 0.717) is 16.8 Å². The maximum atomic E-state index is 12.2. The normalized spacial score (nSPS) is 10.7. The molecule has 7 heteroatoms. The molecule has 0 saturated heterocycles. The highest BCUT2D eigenvalue weighted by molar-refractivity contribution is 7.71. The van der Waals surface area contributed by atoms with Crippen LogP contribution in [0.1, 0.15) is 30.2 Å². The van der Waals surface area contributed by atoms with Crippen LogP contribution >= 0.6 is 23.8 Å². The van der Waals surface area contributed by atoms with Crippen molar-refractivity contribution >= 4 is 23.8 Å². The number of halogens is 1. The highest BCUT2D eigenvalue weighted by Gasteiger charge is 2.13. The maximum absolute atomic E-state index is 12.2. The highest BCUT2D eigenvalue weighted by atomic mass is 35.5. The molecule has 0 amide bonds. The Morgan fingerprint density at radius 1 is 1.36 bits per heavy atom. The summed E-state index contributed by atoms with van der Waals surface area (Å²) < 4.78 is 5.40. The molecule has 0 fully saturated rings. The van der Waals surface area contributed by atoms with Crippen molar-refractivity contribution < 1.29 is 9.84 Å². The second kappa shape index (κ2) is 6.98. The van der Waals surface area contributed by atoms with Crippen molar-refractivity contribution in [1.82, 2.24) is 9.97 Å². The number of ether oxygens (including phenoxy) is 1. The van der Waals surface area contributed by atoms with Gasteiger partial charge in [-0.25, -0.2) is 0 Å². The lowest BCUT2D eigenvalue weighted by Crippen LogP contribution is -2.18. The lowest BCUT2D eigenvalue weighted by Gasteiger charge is -2.11. The van der Waals surface area contributed by atoms with E-state index in [9.17, 15) is 9.90 Å². The van der Waals surface area contributed by atoms with E-state index in [2.05, 4.69) is 9.97 Å². The predicted molar refractivity (Wildman–Crippen MR) is 88.7 cm³/mol. The number of phenols is 1. The second-order valence-corrected chi connectivity index (χ2v) is 5.74. The molecule has 1 heterocycles. The number of rotatable bonds is 5. The quantitative estimate of drug-likeness (QED) is 0.729. The van der Waals surface area contributed by atoms with Gasteiger partial charge in [-0.1, -0.05) is 24.9 Å². The third-order valence-electron chi connectivity index (χ3n) is 3.32. The van der Waals surface area contributed by atoms with Gasteiger partial charge in [0.05, 0.1) is 12.1 Å². The summed E-state index contributed by atoms with van der Waals surface area (Å²) in [5.74, 6) is 0.169. The van der Waals surface area contributed by atoms with E-state index in [1.807, 2.05) is 6.92 Å². The van der Waals surface area contributed by atoms with Crippen molar-refractivity contribution in [2.45, 2.75) is 26.2 Å². The monoisotopic (exact) mass is 340 g/mol. The first-order chi connectivity index (χ1) is 10.5. The molecule has 0 aliphatic heterocycles. The van der Waals surface area contributed by atoms with Crippen molar-refractivity contribution in [2.75, 3.05) is 7.11 Å². The minimum atomic E-state index is -0.213. The summed E-state index contributed by atoms with van der Waals surface area (Å²) in [5.41, 5.74) is 1.99. The Bertz CT molecular complexity index is 798. The summed E-state index contributed by atoms with van der Waals surface area (Å²) >= 11 is 11.0. The molecule has 5 nitrogen and oxygen atoms in total. The Morgan fingerprint density at radius 3 is 2.73 bits per heavy atom. The fourth-order valence-electron chi connectivity index (χ4n) is 2.30. The molecule has 0 unspecified atom stereocenters. The zero-order valence-corrected chi connectivity index (χ0v) is 13.9. The van der Waals surface area contributed by atoms with E-state index in [1.54, 1.807) is 12.1 Å². The molecule has 2 aromatic rings. The van der Waals surface area contributed by atoms with Crippen LogP contribution in [-0.2, 0) is 12.8 Å². The van der Waals surface area contributed by atoms with Crippen molar-refractivity contribution in [1.29, 1.82) is 0 Å². The zero-order valence-electron chi connectivity index (χ0n) is 12.3. The molecule has 2 rings (SSSR count). The van der Waals surface area contributed by atoms with E-state index in [4.69, 9.17) is 28.6 Å². The average Bonchev–Trinajstić information content (AvgIpc) is 2.46. The van der Waals surface area contributed by atoms with Gasteiger partial charge in [0.15, 0.2) is 16.3 Å². The van der Waals surface area contributed by atoms with Gasteiger partial charge in [0.1, 0.15) is 0 Å². The summed E-state index contributed by atoms with van der Waals surface area (Å²) in [6, 6.07) is 3.29. The third-order valence-corrected chi connectivity index (χ3v) is 3.81. The van der Waals surface area contributed by atoms with Gasteiger partial charge in [-0.05, 0) is 36.3 Å². The Morgan fingerprint density at radius 2 is 2.09 bits per heavy atom. The SMILES string of the molecule is CCCc1[nH]c(=S)[nH]c(=O)c1Cc1cc(Cl)c(O)c(OC)c1. The average molecular weight is 341 g/mol. The van der Waals surface area contributed by atoms with Crippen LogP contribution in [0.4, 0.5) is 0 Å². The van der Waals surface area contributed by atoms with Crippen LogP contribution < -0.4 is 10.3 Å². The van der Waals surface area contributed by atoms with Gasteiger partial charge in [0, 0.05) is 17.7 Å². The third kappa shape index (κ3) is 3.51. The maximum Gasteiger partial charge on any atom is 0.255 e.